The molecule has 0 bridgehead atoms. The van der Waals surface area contributed by atoms with Crippen LogP contribution in [0.15, 0.2) is 67.1 Å². The minimum Gasteiger partial charge on any atom is -0.412 e. The van der Waals surface area contributed by atoms with Gasteiger partial charge in [0.1, 0.15) is 11.5 Å². The summed E-state index contributed by atoms with van der Waals surface area (Å²) >= 11 is 6.19. The van der Waals surface area contributed by atoms with Crippen molar-refractivity contribution in [3.63, 3.8) is 0 Å². The fourth-order valence-corrected chi connectivity index (χ4v) is 7.92. The first-order chi connectivity index (χ1) is 20.9. The van der Waals surface area contributed by atoms with Gasteiger partial charge < -0.3 is 19.0 Å². The number of hydrogen-bond acceptors (Lipinski definition) is 5. The van der Waals surface area contributed by atoms with Gasteiger partial charge in [-0.3, -0.25) is 4.79 Å². The molecule has 1 N–H and O–H groups in total. The van der Waals surface area contributed by atoms with Gasteiger partial charge in [0.15, 0.2) is 8.32 Å². The predicted molar refractivity (Wildman–Crippen MR) is 179 cm³/mol. The summed E-state index contributed by atoms with van der Waals surface area (Å²) in [7, 11) is -1.98. The molecule has 7 nitrogen and oxygen atoms in total. The number of amides is 1. The topological polar surface area (TPSA) is 71.8 Å². The van der Waals surface area contributed by atoms with Gasteiger partial charge in [0.2, 0.25) is 5.91 Å². The molecule has 9 heteroatoms. The Balaban J connectivity index is 1.14. The van der Waals surface area contributed by atoms with Crippen molar-refractivity contribution in [2.24, 2.45) is 5.92 Å². The Bertz CT molecular complexity index is 1710. The Kier molecular flexibility index (Phi) is 7.38. The van der Waals surface area contributed by atoms with E-state index >= 15 is 0 Å². The van der Waals surface area contributed by atoms with Crippen LogP contribution in [0.25, 0.3) is 5.65 Å². The van der Waals surface area contributed by atoms with E-state index in [0.29, 0.717) is 16.8 Å². The van der Waals surface area contributed by atoms with Crippen molar-refractivity contribution in [1.29, 1.82) is 0 Å². The predicted octanol–water partition coefficient (Wildman–Crippen LogP) is 8.34. The number of fused-ring (bicyclic) bond motifs is 1. The minimum atomic E-state index is -1.98. The highest BCUT2D eigenvalue weighted by Gasteiger charge is 2.45. The monoisotopic (exact) mass is 627 g/mol. The maximum atomic E-state index is 13.2. The molecule has 0 radical (unpaired) electrons. The second kappa shape index (κ2) is 11.0. The molecule has 4 heterocycles. The van der Waals surface area contributed by atoms with Crippen LogP contribution in [0.1, 0.15) is 81.2 Å². The van der Waals surface area contributed by atoms with Crippen molar-refractivity contribution < 1.29 is 9.22 Å². The quantitative estimate of drug-likeness (QED) is 0.199. The third-order valence-electron chi connectivity index (χ3n) is 10.1. The standard InChI is InChI=1S/C35H42ClN5O2Si/c1-35(2,3)44(4,5)43-27-17-31(30-21-40-19-24(22-9-10-22)11-12-33(40)38-30)41(20-27)26-13-14-37-32(16-26)39-34(42)29-18-28(29)23-7-6-8-25(36)15-23/h6-8,11-16,19,21-22,27-29,31H,9-10,17-18,20H2,1-5H3,(H,37,39,42)/t27-,28?,29?,31+/m0/s1. The minimum absolute atomic E-state index is 0.00329. The number of benzene rings is 1. The Morgan fingerprint density at radius 2 is 1.86 bits per heavy atom. The van der Waals surface area contributed by atoms with Crippen molar-refractivity contribution in [1.82, 2.24) is 14.4 Å². The van der Waals surface area contributed by atoms with Crippen molar-refractivity contribution >= 4 is 43.0 Å². The molecule has 2 aliphatic carbocycles. The van der Waals surface area contributed by atoms with Gasteiger partial charge in [0, 0.05) is 54.3 Å². The number of anilines is 2. The lowest BCUT2D eigenvalue weighted by atomic mass is 10.1. The largest absolute Gasteiger partial charge is 0.412 e. The smallest absolute Gasteiger partial charge is 0.229 e. The van der Waals surface area contributed by atoms with Crippen molar-refractivity contribution in [2.45, 2.75) is 88.6 Å². The van der Waals surface area contributed by atoms with Crippen LogP contribution in [0.2, 0.25) is 23.2 Å². The third-order valence-corrected chi connectivity index (χ3v) is 14.9. The molecule has 0 spiro atoms. The summed E-state index contributed by atoms with van der Waals surface area (Å²) in [6.07, 6.45) is 10.6. The molecule has 1 amide bonds. The number of pyridine rings is 2. The van der Waals surface area contributed by atoms with E-state index in [1.165, 1.54) is 18.4 Å². The Labute approximate surface area is 266 Å². The zero-order valence-corrected chi connectivity index (χ0v) is 28.0. The van der Waals surface area contributed by atoms with Gasteiger partial charge in [-0.2, -0.15) is 0 Å². The fourth-order valence-electron chi connectivity index (χ4n) is 6.37. The molecule has 2 unspecified atom stereocenters. The molecule has 7 rings (SSSR count). The number of carbonyl (C=O) groups is 1. The highest BCUT2D eigenvalue weighted by Crippen LogP contribution is 2.49. The van der Waals surface area contributed by atoms with Crippen LogP contribution in [0.4, 0.5) is 11.5 Å². The summed E-state index contributed by atoms with van der Waals surface area (Å²) in [6.45, 7) is 12.3. The molecular formula is C35H42ClN5O2Si. The van der Waals surface area contributed by atoms with Gasteiger partial charge in [-0.15, -0.1) is 0 Å². The number of imidazole rings is 1. The first-order valence-electron chi connectivity index (χ1n) is 15.9. The number of hydrogen-bond donors (Lipinski definition) is 1. The molecule has 44 heavy (non-hydrogen) atoms. The van der Waals surface area contributed by atoms with E-state index in [-0.39, 0.29) is 34.9 Å². The summed E-state index contributed by atoms with van der Waals surface area (Å²) in [5.74, 6) is 1.39. The second-order valence-corrected chi connectivity index (χ2v) is 19.7. The second-order valence-electron chi connectivity index (χ2n) is 14.5. The molecule has 3 aromatic heterocycles. The van der Waals surface area contributed by atoms with Crippen LogP contribution in [0.3, 0.4) is 0 Å². The number of rotatable bonds is 8. The van der Waals surface area contributed by atoms with Crippen LogP contribution in [-0.2, 0) is 9.22 Å². The van der Waals surface area contributed by atoms with Crippen LogP contribution in [0, 0.1) is 5.92 Å². The number of aromatic nitrogens is 3. The Morgan fingerprint density at radius 3 is 2.61 bits per heavy atom. The van der Waals surface area contributed by atoms with Crippen molar-refractivity contribution in [2.75, 3.05) is 16.8 Å². The highest BCUT2D eigenvalue weighted by molar-refractivity contribution is 6.74. The number of nitrogens with one attached hydrogen (secondary N) is 1. The SMILES string of the molecule is CC(C)(C)[Si](C)(C)O[C@H]1C[C@H](c2cn3cc(C4CC4)ccc3n2)N(c2ccnc(NC(=O)C3CC3c3cccc(Cl)c3)c2)C1. The number of halogens is 1. The first-order valence-corrected chi connectivity index (χ1v) is 19.2. The molecule has 3 aliphatic rings. The molecule has 3 fully saturated rings. The Morgan fingerprint density at radius 1 is 1.05 bits per heavy atom. The van der Waals surface area contributed by atoms with Crippen LogP contribution >= 0.6 is 11.6 Å². The van der Waals surface area contributed by atoms with Crippen LogP contribution < -0.4 is 10.2 Å². The lowest BCUT2D eigenvalue weighted by Gasteiger charge is -2.38. The van der Waals surface area contributed by atoms with Crippen molar-refractivity contribution in [3.8, 4) is 0 Å². The molecule has 230 valence electrons. The fraction of sp³-hybridized carbons (Fsp3) is 0.457. The summed E-state index contributed by atoms with van der Waals surface area (Å²) < 4.78 is 9.15. The van der Waals surface area contributed by atoms with E-state index in [9.17, 15) is 4.79 Å². The first kappa shape index (κ1) is 29.5. The maximum Gasteiger partial charge on any atom is 0.229 e. The summed E-state index contributed by atoms with van der Waals surface area (Å²) in [5.41, 5.74) is 5.54. The Hall–Kier alpha value is -3.20. The molecule has 4 atom stereocenters. The molecule has 4 aromatic rings. The lowest BCUT2D eigenvalue weighted by molar-refractivity contribution is -0.117. The number of carbonyl (C=O) groups excluding carboxylic acids is 1. The average Bonchev–Trinajstić information content (AvgIpc) is 3.89. The van der Waals surface area contributed by atoms with E-state index in [1.54, 1.807) is 6.20 Å². The van der Waals surface area contributed by atoms with Gasteiger partial charge in [0.25, 0.3) is 0 Å². The maximum absolute atomic E-state index is 13.2. The van der Waals surface area contributed by atoms with Gasteiger partial charge >= 0.3 is 0 Å². The average molecular weight is 628 g/mol. The lowest BCUT2D eigenvalue weighted by Crippen LogP contribution is -2.44. The van der Waals surface area contributed by atoms with Crippen molar-refractivity contribution in [3.05, 3.63) is 89.0 Å². The molecular weight excluding hydrogens is 586 g/mol. The molecule has 1 saturated heterocycles. The summed E-state index contributed by atoms with van der Waals surface area (Å²) in [6, 6.07) is 16.3. The van der Waals surface area contributed by atoms with Gasteiger partial charge in [-0.1, -0.05) is 50.6 Å². The van der Waals surface area contributed by atoms with Gasteiger partial charge in [-0.25, -0.2) is 9.97 Å². The van der Waals surface area contributed by atoms with E-state index < -0.39 is 8.32 Å². The molecule has 1 aliphatic heterocycles. The summed E-state index contributed by atoms with van der Waals surface area (Å²) in [4.78, 5) is 25.2. The van der Waals surface area contributed by atoms with Crippen LogP contribution in [-0.4, -0.2) is 41.2 Å². The highest BCUT2D eigenvalue weighted by atomic mass is 35.5. The van der Waals surface area contributed by atoms with Crippen LogP contribution in [0.5, 0.6) is 0 Å². The number of nitrogens with zero attached hydrogens (tertiary/aromatic N) is 4. The zero-order chi connectivity index (χ0) is 30.8. The van der Waals surface area contributed by atoms with E-state index in [2.05, 4.69) is 78.0 Å². The van der Waals surface area contributed by atoms with E-state index in [4.69, 9.17) is 21.0 Å². The zero-order valence-electron chi connectivity index (χ0n) is 26.3. The third kappa shape index (κ3) is 5.92. The molecule has 1 aromatic carbocycles. The summed E-state index contributed by atoms with van der Waals surface area (Å²) in [5, 5.41) is 3.92. The van der Waals surface area contributed by atoms with Gasteiger partial charge in [-0.05, 0) is 84.6 Å². The molecule has 2 saturated carbocycles. The van der Waals surface area contributed by atoms with E-state index in [1.807, 2.05) is 36.4 Å². The normalized spacial score (nSPS) is 23.7. The van der Waals surface area contributed by atoms with E-state index in [0.717, 1.165) is 42.0 Å². The van der Waals surface area contributed by atoms with Gasteiger partial charge in [0.05, 0.1) is 17.8 Å².